The minimum absolute atomic E-state index is 0.0301. The number of aromatic nitrogens is 1. The predicted molar refractivity (Wildman–Crippen MR) is 234 cm³/mol. The summed E-state index contributed by atoms with van der Waals surface area (Å²) in [5.74, 6) is 1.16. The quantitative estimate of drug-likeness (QED) is 0.0939. The summed E-state index contributed by atoms with van der Waals surface area (Å²) < 4.78 is 18.1. The minimum Gasteiger partial charge on any atom is -0.506 e. The number of anilines is 1. The second-order valence-corrected chi connectivity index (χ2v) is 18.2. The number of carbonyl (C=O) groups is 2. The third-order valence-corrected chi connectivity index (χ3v) is 13.8. The average Bonchev–Trinajstić information content (AvgIpc) is 3.77. The predicted octanol–water partition coefficient (Wildman–Crippen LogP) is 5.59. The number of hydrogen-bond donors (Lipinski definition) is 4. The van der Waals surface area contributed by atoms with Crippen molar-refractivity contribution in [1.82, 2.24) is 25.0 Å². The van der Waals surface area contributed by atoms with Crippen molar-refractivity contribution in [3.8, 4) is 11.5 Å². The van der Waals surface area contributed by atoms with Gasteiger partial charge in [0.15, 0.2) is 6.23 Å². The lowest BCUT2D eigenvalue weighted by Crippen LogP contribution is -2.58. The maximum atomic E-state index is 13.5. The van der Waals surface area contributed by atoms with Crippen molar-refractivity contribution in [3.05, 3.63) is 69.2 Å². The lowest BCUT2D eigenvalue weighted by molar-refractivity contribution is -0.135. The highest BCUT2D eigenvalue weighted by molar-refractivity contribution is 7.09. The number of carbonyl (C=O) groups excluding carboxylic acids is 2. The summed E-state index contributed by atoms with van der Waals surface area (Å²) in [5.41, 5.74) is 4.26. The number of aromatic hydroxyl groups is 1. The van der Waals surface area contributed by atoms with Gasteiger partial charge in [-0.15, -0.1) is 11.3 Å². The van der Waals surface area contributed by atoms with Crippen LogP contribution in [0.15, 0.2) is 41.8 Å². The first-order valence-corrected chi connectivity index (χ1v) is 23.2. The number of amides is 2. The van der Waals surface area contributed by atoms with E-state index < -0.39 is 6.23 Å². The van der Waals surface area contributed by atoms with Crippen molar-refractivity contribution < 1.29 is 34.0 Å². The Kier molecular flexibility index (Phi) is 15.7. The molecule has 13 nitrogen and oxygen atoms in total. The highest BCUT2D eigenvalue weighted by Gasteiger charge is 2.41. The molecule has 3 fully saturated rings. The van der Waals surface area contributed by atoms with E-state index in [9.17, 15) is 19.8 Å². The number of phenols is 1. The van der Waals surface area contributed by atoms with E-state index in [-0.39, 0.29) is 35.8 Å². The van der Waals surface area contributed by atoms with Crippen LogP contribution >= 0.6 is 11.3 Å². The van der Waals surface area contributed by atoms with Crippen LogP contribution in [0.3, 0.4) is 0 Å². The summed E-state index contributed by atoms with van der Waals surface area (Å²) in [7, 11) is 0. The van der Waals surface area contributed by atoms with E-state index in [0.717, 1.165) is 81.6 Å². The number of benzene rings is 2. The average molecular weight is 847 g/mol. The molecule has 3 aromatic rings. The molecule has 7 rings (SSSR count). The number of rotatable bonds is 18. The molecule has 4 N–H and O–H groups in total. The molecule has 4 heterocycles. The SMILES string of the molecule is CC(C)c1nc(C(=O)N2CCOC3(CCN(CCc4ccc(CCOCCC(=O)N(CCNCCc5ccc(O)c6c5OCC(O)N6)C5CCCCC5)cc4)CC3)C2)cs1. The molecule has 2 amide bonds. The van der Waals surface area contributed by atoms with Crippen LogP contribution in [0, 0.1) is 0 Å². The molecule has 0 bridgehead atoms. The zero-order chi connectivity index (χ0) is 41.9. The van der Waals surface area contributed by atoms with Crippen LogP contribution in [0.4, 0.5) is 5.69 Å². The Morgan fingerprint density at radius 3 is 2.53 bits per heavy atom. The Hall–Kier alpha value is -3.79. The summed E-state index contributed by atoms with van der Waals surface area (Å²) in [4.78, 5) is 37.9. The third-order valence-electron chi connectivity index (χ3n) is 12.6. The molecule has 2 aromatic carbocycles. The van der Waals surface area contributed by atoms with Crippen molar-refractivity contribution in [2.24, 2.45) is 0 Å². The molecule has 1 unspecified atom stereocenters. The number of fused-ring (bicyclic) bond motifs is 1. The summed E-state index contributed by atoms with van der Waals surface area (Å²) in [6, 6.07) is 12.6. The number of aliphatic hydroxyl groups is 1. The summed E-state index contributed by atoms with van der Waals surface area (Å²) in [6.45, 7) is 12.2. The monoisotopic (exact) mass is 846 g/mol. The molecule has 1 aliphatic carbocycles. The molecule has 60 heavy (non-hydrogen) atoms. The Balaban J connectivity index is 0.776. The molecule has 0 radical (unpaired) electrons. The highest BCUT2D eigenvalue weighted by atomic mass is 32.1. The van der Waals surface area contributed by atoms with Crippen LogP contribution in [0.25, 0.3) is 0 Å². The van der Waals surface area contributed by atoms with Gasteiger partial charge in [-0.25, -0.2) is 4.98 Å². The lowest BCUT2D eigenvalue weighted by Gasteiger charge is -2.47. The lowest BCUT2D eigenvalue weighted by atomic mass is 9.89. The first kappa shape index (κ1) is 44.3. The van der Waals surface area contributed by atoms with E-state index in [2.05, 4.69) is 63.5 Å². The van der Waals surface area contributed by atoms with Crippen molar-refractivity contribution in [1.29, 1.82) is 0 Å². The first-order chi connectivity index (χ1) is 29.2. The highest BCUT2D eigenvalue weighted by Crippen LogP contribution is 2.40. The Labute approximate surface area is 359 Å². The Bertz CT molecular complexity index is 1840. The zero-order valence-electron chi connectivity index (χ0n) is 35.7. The normalized spacial score (nSPS) is 19.5. The van der Waals surface area contributed by atoms with Crippen LogP contribution in [0.5, 0.6) is 11.5 Å². The van der Waals surface area contributed by atoms with Crippen LogP contribution in [0.2, 0.25) is 0 Å². The second-order valence-electron chi connectivity index (χ2n) is 17.3. The number of phenolic OH excluding ortho intramolecular Hbond substituents is 1. The molecule has 328 valence electrons. The van der Waals surface area contributed by atoms with E-state index in [0.29, 0.717) is 88.4 Å². The van der Waals surface area contributed by atoms with Crippen molar-refractivity contribution in [2.45, 2.75) is 108 Å². The van der Waals surface area contributed by atoms with Gasteiger partial charge in [0.2, 0.25) is 5.91 Å². The van der Waals surface area contributed by atoms with Crippen LogP contribution in [-0.4, -0.2) is 138 Å². The molecule has 14 heteroatoms. The molecule has 2 saturated heterocycles. The number of aliphatic hydroxyl groups excluding tert-OH is 1. The zero-order valence-corrected chi connectivity index (χ0v) is 36.5. The molecule has 1 saturated carbocycles. The van der Waals surface area contributed by atoms with Gasteiger partial charge in [-0.1, -0.05) is 63.4 Å². The third kappa shape index (κ3) is 11.8. The molecule has 1 aromatic heterocycles. The number of nitrogens with zero attached hydrogens (tertiary/aromatic N) is 4. The molecule has 1 spiro atoms. The van der Waals surface area contributed by atoms with Crippen LogP contribution in [-0.2, 0) is 33.5 Å². The summed E-state index contributed by atoms with van der Waals surface area (Å²) in [6.07, 6.45) is 9.58. The fourth-order valence-electron chi connectivity index (χ4n) is 9.01. The molecular formula is C46H66N6O7S. The number of thiazole rings is 1. The first-order valence-electron chi connectivity index (χ1n) is 22.4. The largest absolute Gasteiger partial charge is 0.506 e. The van der Waals surface area contributed by atoms with Gasteiger partial charge in [0.25, 0.3) is 5.91 Å². The maximum absolute atomic E-state index is 13.5. The van der Waals surface area contributed by atoms with Crippen molar-refractivity contribution in [3.63, 3.8) is 0 Å². The van der Waals surface area contributed by atoms with Crippen molar-refractivity contribution in [2.75, 3.05) is 84.1 Å². The Morgan fingerprint density at radius 2 is 1.78 bits per heavy atom. The van der Waals surface area contributed by atoms with E-state index in [4.69, 9.17) is 14.2 Å². The molecule has 4 aliphatic rings. The molecule has 3 aliphatic heterocycles. The van der Waals surface area contributed by atoms with Gasteiger partial charge < -0.3 is 49.8 Å². The topological polar surface area (TPSA) is 149 Å². The summed E-state index contributed by atoms with van der Waals surface area (Å²) in [5, 5.41) is 29.4. The van der Waals surface area contributed by atoms with Gasteiger partial charge in [0, 0.05) is 56.6 Å². The maximum Gasteiger partial charge on any atom is 0.273 e. The van der Waals surface area contributed by atoms with E-state index in [1.807, 2.05) is 16.3 Å². The number of hydrogen-bond acceptors (Lipinski definition) is 12. The Morgan fingerprint density at radius 1 is 1.02 bits per heavy atom. The molecular weight excluding hydrogens is 781 g/mol. The van der Waals surface area contributed by atoms with E-state index in [1.165, 1.54) is 17.5 Å². The second kappa shape index (κ2) is 21.3. The van der Waals surface area contributed by atoms with Gasteiger partial charge in [0.05, 0.1) is 43.4 Å². The number of ether oxygens (including phenoxy) is 3. The van der Waals surface area contributed by atoms with Gasteiger partial charge >= 0.3 is 0 Å². The van der Waals surface area contributed by atoms with Gasteiger partial charge in [-0.05, 0) is 74.2 Å². The van der Waals surface area contributed by atoms with Gasteiger partial charge in [-0.3, -0.25) is 9.59 Å². The number of likely N-dealkylation sites (tertiary alicyclic amines) is 1. The van der Waals surface area contributed by atoms with Crippen molar-refractivity contribution >= 4 is 28.8 Å². The standard InChI is InChI=1S/C46H66N6O7S/c1-33(2)44-48-38(31-60-44)45(56)51-26-29-59-46(32-51)18-23-50(24-19-46)22-15-34-8-10-35(11-9-34)16-27-57-28-17-41(55)52(37-6-4-3-5-7-37)25-21-47-20-14-36-12-13-39(53)42-43(36)58-30-40(54)49-42/h8-13,31,33,37,40,47,49,53-54H,3-7,14-30,32H2,1-2H3. The molecule has 1 atom stereocenters. The fraction of sp³-hybridized carbons (Fsp3) is 0.630. The van der Waals surface area contributed by atoms with Crippen LogP contribution in [0.1, 0.15) is 103 Å². The fourth-order valence-corrected chi connectivity index (χ4v) is 9.82. The number of piperidine rings is 1. The minimum atomic E-state index is -0.846. The van der Waals surface area contributed by atoms with Gasteiger partial charge in [-0.2, -0.15) is 0 Å². The number of morpholine rings is 1. The van der Waals surface area contributed by atoms with E-state index in [1.54, 1.807) is 17.4 Å². The summed E-state index contributed by atoms with van der Waals surface area (Å²) >= 11 is 1.57. The smallest absolute Gasteiger partial charge is 0.273 e. The number of nitrogens with one attached hydrogen (secondary N) is 2. The van der Waals surface area contributed by atoms with Gasteiger partial charge in [0.1, 0.15) is 29.5 Å². The van der Waals surface area contributed by atoms with Crippen LogP contribution < -0.4 is 15.4 Å². The van der Waals surface area contributed by atoms with E-state index >= 15 is 0 Å².